The molecule has 1 aliphatic rings. The van der Waals surface area contributed by atoms with Crippen LogP contribution in [0.25, 0.3) is 0 Å². The summed E-state index contributed by atoms with van der Waals surface area (Å²) < 4.78 is 5.55. The number of nitrogens with zero attached hydrogens (tertiary/aromatic N) is 3. The fourth-order valence-corrected chi connectivity index (χ4v) is 1.83. The summed E-state index contributed by atoms with van der Waals surface area (Å²) in [6.07, 6.45) is 1.54. The van der Waals surface area contributed by atoms with E-state index >= 15 is 0 Å². The van der Waals surface area contributed by atoms with E-state index in [9.17, 15) is 5.11 Å². The van der Waals surface area contributed by atoms with Crippen LogP contribution in [0.4, 0.5) is 0 Å². The number of hydrogen-bond donors (Lipinski definition) is 1. The van der Waals surface area contributed by atoms with Crippen molar-refractivity contribution in [2.45, 2.75) is 45.3 Å². The van der Waals surface area contributed by atoms with Gasteiger partial charge in [-0.2, -0.15) is 0 Å². The smallest absolute Gasteiger partial charge is 0.230 e. The van der Waals surface area contributed by atoms with Crippen LogP contribution < -0.4 is 0 Å². The highest BCUT2D eigenvalue weighted by Gasteiger charge is 2.19. The van der Waals surface area contributed by atoms with Crippen molar-refractivity contribution in [3.05, 3.63) is 11.8 Å². The zero-order chi connectivity index (χ0) is 11.5. The second-order valence-corrected chi connectivity index (χ2v) is 4.70. The Morgan fingerprint density at radius 3 is 2.62 bits per heavy atom. The van der Waals surface area contributed by atoms with Crippen LogP contribution >= 0.6 is 0 Å². The van der Waals surface area contributed by atoms with Crippen molar-refractivity contribution in [2.75, 3.05) is 13.1 Å². The SMILES string of the molecule is CC(C)c1nnc(CN2CCC(O)CC2)o1. The predicted octanol–water partition coefficient (Wildman–Crippen LogP) is 1.15. The summed E-state index contributed by atoms with van der Waals surface area (Å²) in [7, 11) is 0. The van der Waals surface area contributed by atoms with Crippen LogP contribution in [0.1, 0.15) is 44.4 Å². The molecule has 2 rings (SSSR count). The van der Waals surface area contributed by atoms with Crippen molar-refractivity contribution in [2.24, 2.45) is 0 Å². The van der Waals surface area contributed by atoms with E-state index in [0.717, 1.165) is 25.9 Å². The van der Waals surface area contributed by atoms with Gasteiger partial charge in [-0.25, -0.2) is 0 Å². The van der Waals surface area contributed by atoms with Gasteiger partial charge in [-0.3, -0.25) is 4.90 Å². The number of piperidine rings is 1. The van der Waals surface area contributed by atoms with E-state index in [2.05, 4.69) is 15.1 Å². The quantitative estimate of drug-likeness (QED) is 0.836. The van der Waals surface area contributed by atoms with E-state index in [1.807, 2.05) is 13.8 Å². The van der Waals surface area contributed by atoms with Crippen molar-refractivity contribution < 1.29 is 9.52 Å². The van der Waals surface area contributed by atoms with E-state index in [1.54, 1.807) is 0 Å². The molecule has 1 fully saturated rings. The van der Waals surface area contributed by atoms with Crippen LogP contribution in [0, 0.1) is 0 Å². The molecule has 5 nitrogen and oxygen atoms in total. The zero-order valence-electron chi connectivity index (χ0n) is 9.89. The Balaban J connectivity index is 1.88. The zero-order valence-corrected chi connectivity index (χ0v) is 9.89. The topological polar surface area (TPSA) is 62.4 Å². The maximum Gasteiger partial charge on any atom is 0.230 e. The molecule has 5 heteroatoms. The monoisotopic (exact) mass is 225 g/mol. The van der Waals surface area contributed by atoms with Crippen LogP contribution in [-0.2, 0) is 6.54 Å². The van der Waals surface area contributed by atoms with Gasteiger partial charge < -0.3 is 9.52 Å². The largest absolute Gasteiger partial charge is 0.424 e. The first-order valence-electron chi connectivity index (χ1n) is 5.88. The number of rotatable bonds is 3. The van der Waals surface area contributed by atoms with Gasteiger partial charge in [0.1, 0.15) is 0 Å². The normalized spacial score (nSPS) is 19.5. The van der Waals surface area contributed by atoms with Crippen molar-refractivity contribution in [3.63, 3.8) is 0 Å². The molecule has 1 aromatic rings. The Bertz CT molecular complexity index is 330. The number of aliphatic hydroxyl groups is 1. The van der Waals surface area contributed by atoms with Gasteiger partial charge in [-0.05, 0) is 12.8 Å². The van der Waals surface area contributed by atoms with Crippen LogP contribution in [-0.4, -0.2) is 39.4 Å². The number of hydrogen-bond acceptors (Lipinski definition) is 5. The summed E-state index contributed by atoms with van der Waals surface area (Å²) in [4.78, 5) is 2.24. The second kappa shape index (κ2) is 4.93. The standard InChI is InChI=1S/C11H19N3O2/c1-8(2)11-13-12-10(16-11)7-14-5-3-9(15)4-6-14/h8-9,15H,3-7H2,1-2H3. The van der Waals surface area contributed by atoms with Gasteiger partial charge in [0.25, 0.3) is 0 Å². The average molecular weight is 225 g/mol. The minimum atomic E-state index is -0.134. The molecule has 0 amide bonds. The van der Waals surface area contributed by atoms with E-state index in [-0.39, 0.29) is 12.0 Å². The molecule has 0 unspecified atom stereocenters. The summed E-state index contributed by atoms with van der Waals surface area (Å²) in [5, 5.41) is 17.4. The first kappa shape index (κ1) is 11.5. The minimum Gasteiger partial charge on any atom is -0.424 e. The summed E-state index contributed by atoms with van der Waals surface area (Å²) in [6.45, 7) is 6.58. The maximum absolute atomic E-state index is 9.39. The lowest BCUT2D eigenvalue weighted by molar-refractivity contribution is 0.0748. The van der Waals surface area contributed by atoms with Gasteiger partial charge in [-0.1, -0.05) is 13.8 Å². The van der Waals surface area contributed by atoms with Gasteiger partial charge >= 0.3 is 0 Å². The molecule has 90 valence electrons. The minimum absolute atomic E-state index is 0.134. The lowest BCUT2D eigenvalue weighted by Crippen LogP contribution is -2.35. The lowest BCUT2D eigenvalue weighted by Gasteiger charge is -2.27. The molecule has 0 aromatic carbocycles. The molecule has 16 heavy (non-hydrogen) atoms. The molecule has 0 bridgehead atoms. The Labute approximate surface area is 95.5 Å². The highest BCUT2D eigenvalue weighted by molar-refractivity contribution is 4.87. The molecule has 2 heterocycles. The van der Waals surface area contributed by atoms with Gasteiger partial charge in [0, 0.05) is 19.0 Å². The highest BCUT2D eigenvalue weighted by Crippen LogP contribution is 2.16. The molecule has 1 aliphatic heterocycles. The van der Waals surface area contributed by atoms with Crippen LogP contribution in [0.5, 0.6) is 0 Å². The average Bonchev–Trinajstić information content (AvgIpc) is 2.70. The molecule has 0 spiro atoms. The van der Waals surface area contributed by atoms with Gasteiger partial charge in [0.2, 0.25) is 11.8 Å². The number of likely N-dealkylation sites (tertiary alicyclic amines) is 1. The first-order chi connectivity index (χ1) is 7.65. The molecule has 0 radical (unpaired) electrons. The summed E-state index contributed by atoms with van der Waals surface area (Å²) in [5.41, 5.74) is 0. The lowest BCUT2D eigenvalue weighted by atomic mass is 10.1. The van der Waals surface area contributed by atoms with E-state index in [0.29, 0.717) is 18.3 Å². The fraction of sp³-hybridized carbons (Fsp3) is 0.818. The summed E-state index contributed by atoms with van der Waals surface area (Å²) in [6, 6.07) is 0. The van der Waals surface area contributed by atoms with Crippen LogP contribution in [0.2, 0.25) is 0 Å². The third-order valence-corrected chi connectivity index (χ3v) is 2.89. The molecule has 0 atom stereocenters. The molecule has 0 aliphatic carbocycles. The van der Waals surface area contributed by atoms with Crippen molar-refractivity contribution >= 4 is 0 Å². The molecule has 1 aromatic heterocycles. The molecular weight excluding hydrogens is 206 g/mol. The highest BCUT2D eigenvalue weighted by atomic mass is 16.4. The molecule has 1 N–H and O–H groups in total. The third-order valence-electron chi connectivity index (χ3n) is 2.89. The third kappa shape index (κ3) is 2.80. The Kier molecular flexibility index (Phi) is 3.56. The summed E-state index contributed by atoms with van der Waals surface area (Å²) in [5.74, 6) is 1.66. The van der Waals surface area contributed by atoms with Crippen LogP contribution in [0.3, 0.4) is 0 Å². The van der Waals surface area contributed by atoms with E-state index in [4.69, 9.17) is 4.42 Å². The van der Waals surface area contributed by atoms with E-state index in [1.165, 1.54) is 0 Å². The molecular formula is C11H19N3O2. The molecule has 0 saturated carbocycles. The van der Waals surface area contributed by atoms with Crippen molar-refractivity contribution in [1.29, 1.82) is 0 Å². The second-order valence-electron chi connectivity index (χ2n) is 4.70. The summed E-state index contributed by atoms with van der Waals surface area (Å²) >= 11 is 0. The fourth-order valence-electron chi connectivity index (χ4n) is 1.83. The van der Waals surface area contributed by atoms with Crippen LogP contribution in [0.15, 0.2) is 4.42 Å². The van der Waals surface area contributed by atoms with Gasteiger partial charge in [-0.15, -0.1) is 10.2 Å². The predicted molar refractivity (Wildman–Crippen MR) is 58.9 cm³/mol. The Morgan fingerprint density at radius 2 is 2.06 bits per heavy atom. The number of aliphatic hydroxyl groups excluding tert-OH is 1. The van der Waals surface area contributed by atoms with Gasteiger partial charge in [0.15, 0.2) is 0 Å². The van der Waals surface area contributed by atoms with Gasteiger partial charge in [0.05, 0.1) is 12.6 Å². The Morgan fingerprint density at radius 1 is 1.38 bits per heavy atom. The Hall–Kier alpha value is -0.940. The first-order valence-corrected chi connectivity index (χ1v) is 5.88. The molecule has 1 saturated heterocycles. The maximum atomic E-state index is 9.39. The van der Waals surface area contributed by atoms with E-state index < -0.39 is 0 Å². The van der Waals surface area contributed by atoms with Crippen molar-refractivity contribution in [1.82, 2.24) is 15.1 Å². The number of aromatic nitrogens is 2. The van der Waals surface area contributed by atoms with Crippen molar-refractivity contribution in [3.8, 4) is 0 Å².